The first kappa shape index (κ1) is 17.7. The summed E-state index contributed by atoms with van der Waals surface area (Å²) in [6.45, 7) is 0.310. The molecule has 0 saturated carbocycles. The van der Waals surface area contributed by atoms with Gasteiger partial charge in [0.1, 0.15) is 0 Å². The van der Waals surface area contributed by atoms with Gasteiger partial charge in [-0.1, -0.05) is 30.3 Å². The fourth-order valence-electron chi connectivity index (χ4n) is 3.87. The molecule has 29 heavy (non-hydrogen) atoms. The van der Waals surface area contributed by atoms with Crippen LogP contribution in [0.15, 0.2) is 67.0 Å². The monoisotopic (exact) mass is 374 g/mol. The van der Waals surface area contributed by atoms with E-state index in [0.29, 0.717) is 17.8 Å². The minimum Gasteiger partial charge on any atom is -0.340 e. The van der Waals surface area contributed by atoms with E-state index in [2.05, 4.69) is 28.3 Å². The highest BCUT2D eigenvalue weighted by Gasteiger charge is 2.42. The van der Waals surface area contributed by atoms with E-state index in [1.165, 1.54) is 4.90 Å². The molecule has 5 nitrogen and oxygen atoms in total. The van der Waals surface area contributed by atoms with Crippen LogP contribution in [0.4, 0.5) is 0 Å². The average Bonchev–Trinajstić information content (AvgIpc) is 3.20. The van der Waals surface area contributed by atoms with Crippen molar-refractivity contribution in [2.24, 2.45) is 7.05 Å². The maximum Gasteiger partial charge on any atom is 0.255 e. The van der Waals surface area contributed by atoms with Crippen LogP contribution in [-0.4, -0.2) is 41.3 Å². The van der Waals surface area contributed by atoms with Crippen molar-refractivity contribution < 1.29 is 4.79 Å². The lowest BCUT2D eigenvalue weighted by molar-refractivity contribution is 0.0731. The molecule has 7 heteroatoms. The standard InChI is InChI=1S/C22H16B2N4O/c1-27-19-9-8-16(11-17(19)12-26-27)15-6-4-14(5-7-15)13-28-21(29)18-3-2-10-25-20(18)22(28,23)24/h2-12H,13H2,1H3. The van der Waals surface area contributed by atoms with Gasteiger partial charge >= 0.3 is 0 Å². The summed E-state index contributed by atoms with van der Waals surface area (Å²) in [7, 11) is 14.5. The fourth-order valence-corrected chi connectivity index (χ4v) is 3.87. The number of fused-ring (bicyclic) bond motifs is 2. The van der Waals surface area contributed by atoms with Crippen molar-refractivity contribution in [3.63, 3.8) is 0 Å². The zero-order valence-corrected chi connectivity index (χ0v) is 15.9. The molecular formula is C22H16B2N4O. The van der Waals surface area contributed by atoms with Crippen LogP contribution in [0.3, 0.4) is 0 Å². The molecule has 0 N–H and O–H groups in total. The second-order valence-corrected chi connectivity index (χ2v) is 7.35. The van der Waals surface area contributed by atoms with Gasteiger partial charge in [0.05, 0.1) is 38.7 Å². The molecule has 1 aliphatic rings. The van der Waals surface area contributed by atoms with Crippen LogP contribution in [0.2, 0.25) is 0 Å². The number of pyridine rings is 1. The van der Waals surface area contributed by atoms with E-state index < -0.39 is 5.34 Å². The van der Waals surface area contributed by atoms with Crippen LogP contribution >= 0.6 is 0 Å². The molecule has 5 rings (SSSR count). The molecule has 0 fully saturated rings. The van der Waals surface area contributed by atoms with Gasteiger partial charge in [0, 0.05) is 30.5 Å². The second-order valence-electron chi connectivity index (χ2n) is 7.35. The van der Waals surface area contributed by atoms with Gasteiger partial charge in [0.25, 0.3) is 5.91 Å². The molecule has 2 aromatic heterocycles. The van der Waals surface area contributed by atoms with Crippen LogP contribution < -0.4 is 0 Å². The summed E-state index contributed by atoms with van der Waals surface area (Å²) in [6, 6.07) is 17.7. The third-order valence-electron chi connectivity index (χ3n) is 5.48. The number of nitrogens with zero attached hydrogens (tertiary/aromatic N) is 4. The Morgan fingerprint density at radius 2 is 1.79 bits per heavy atom. The first-order valence-corrected chi connectivity index (χ1v) is 9.31. The summed E-state index contributed by atoms with van der Waals surface area (Å²) >= 11 is 0. The van der Waals surface area contributed by atoms with Gasteiger partial charge in [-0.25, -0.2) is 0 Å². The van der Waals surface area contributed by atoms with Gasteiger partial charge in [0.2, 0.25) is 0 Å². The molecule has 0 unspecified atom stereocenters. The van der Waals surface area contributed by atoms with Crippen molar-refractivity contribution in [2.45, 2.75) is 11.9 Å². The van der Waals surface area contributed by atoms with Crippen molar-refractivity contribution in [3.05, 3.63) is 83.8 Å². The number of aromatic nitrogens is 3. The predicted octanol–water partition coefficient (Wildman–Crippen LogP) is 2.74. The zero-order valence-electron chi connectivity index (χ0n) is 15.9. The highest BCUT2D eigenvalue weighted by Crippen LogP contribution is 2.34. The first-order chi connectivity index (χ1) is 13.9. The van der Waals surface area contributed by atoms with Gasteiger partial charge in [0.15, 0.2) is 0 Å². The van der Waals surface area contributed by atoms with Gasteiger partial charge in [-0.05, 0) is 41.0 Å². The Kier molecular flexibility index (Phi) is 3.88. The molecule has 1 amide bonds. The Hall–Kier alpha value is -3.34. The average molecular weight is 374 g/mol. The number of aryl methyl sites for hydroxylation is 1. The van der Waals surface area contributed by atoms with Crippen LogP contribution in [0.25, 0.3) is 22.0 Å². The van der Waals surface area contributed by atoms with Crippen molar-refractivity contribution in [1.82, 2.24) is 19.7 Å². The first-order valence-electron chi connectivity index (χ1n) is 9.31. The number of carbonyl (C=O) groups excluding carboxylic acids is 1. The molecule has 136 valence electrons. The molecule has 1 aliphatic heterocycles. The van der Waals surface area contributed by atoms with Crippen molar-refractivity contribution in [1.29, 1.82) is 0 Å². The Morgan fingerprint density at radius 1 is 1.03 bits per heavy atom. The van der Waals surface area contributed by atoms with Crippen molar-refractivity contribution >= 4 is 32.5 Å². The molecule has 0 saturated heterocycles. The van der Waals surface area contributed by atoms with E-state index in [4.69, 9.17) is 15.7 Å². The van der Waals surface area contributed by atoms with E-state index in [0.717, 1.165) is 27.6 Å². The Labute approximate surface area is 171 Å². The normalized spacial score (nSPS) is 15.1. The van der Waals surface area contributed by atoms with E-state index in [1.54, 1.807) is 18.3 Å². The summed E-state index contributed by atoms with van der Waals surface area (Å²) < 4.78 is 1.86. The third kappa shape index (κ3) is 2.77. The molecule has 4 aromatic rings. The molecule has 2 aromatic carbocycles. The van der Waals surface area contributed by atoms with Gasteiger partial charge in [-0.3, -0.25) is 14.5 Å². The molecule has 0 atom stereocenters. The lowest BCUT2D eigenvalue weighted by Gasteiger charge is -2.33. The summed E-state index contributed by atoms with van der Waals surface area (Å²) in [5, 5.41) is 3.97. The Bertz CT molecular complexity index is 1250. The molecular weight excluding hydrogens is 358 g/mol. The van der Waals surface area contributed by atoms with Crippen LogP contribution in [0, 0.1) is 0 Å². The molecule has 0 spiro atoms. The fraction of sp³-hybridized carbons (Fsp3) is 0.136. The molecule has 0 bridgehead atoms. The Morgan fingerprint density at radius 3 is 2.55 bits per heavy atom. The summed E-state index contributed by atoms with van der Waals surface area (Å²) in [5.41, 5.74) is 5.10. The number of benzene rings is 2. The third-order valence-corrected chi connectivity index (χ3v) is 5.48. The zero-order chi connectivity index (χ0) is 20.2. The number of amides is 1. The van der Waals surface area contributed by atoms with Gasteiger partial charge in [-0.15, -0.1) is 0 Å². The highest BCUT2D eigenvalue weighted by molar-refractivity contribution is 6.42. The highest BCUT2D eigenvalue weighted by atomic mass is 16.2. The maximum absolute atomic E-state index is 12.7. The molecule has 4 radical (unpaired) electrons. The molecule has 0 aliphatic carbocycles. The SMILES string of the molecule is [B]C1([B])c2ncccc2C(=O)N1Cc1ccc(-c2ccc3c(cnn3C)c2)cc1. The number of carbonyl (C=O) groups is 1. The van der Waals surface area contributed by atoms with E-state index >= 15 is 0 Å². The predicted molar refractivity (Wildman–Crippen MR) is 113 cm³/mol. The minimum atomic E-state index is -1.42. The van der Waals surface area contributed by atoms with Crippen LogP contribution in [0.1, 0.15) is 21.6 Å². The summed E-state index contributed by atoms with van der Waals surface area (Å²) in [6.07, 6.45) is 3.46. The van der Waals surface area contributed by atoms with Crippen LogP contribution in [0.5, 0.6) is 0 Å². The smallest absolute Gasteiger partial charge is 0.255 e. The maximum atomic E-state index is 12.7. The lowest BCUT2D eigenvalue weighted by atomic mass is 9.59. The lowest BCUT2D eigenvalue weighted by Crippen LogP contribution is -2.44. The van der Waals surface area contributed by atoms with E-state index in [9.17, 15) is 4.79 Å². The van der Waals surface area contributed by atoms with Crippen LogP contribution in [-0.2, 0) is 18.9 Å². The van der Waals surface area contributed by atoms with Gasteiger partial charge in [-0.2, -0.15) is 5.10 Å². The number of hydrogen-bond acceptors (Lipinski definition) is 3. The minimum absolute atomic E-state index is 0.204. The van der Waals surface area contributed by atoms with Crippen molar-refractivity contribution in [2.75, 3.05) is 0 Å². The molecule has 3 heterocycles. The van der Waals surface area contributed by atoms with Gasteiger partial charge < -0.3 is 4.90 Å². The largest absolute Gasteiger partial charge is 0.340 e. The summed E-state index contributed by atoms with van der Waals surface area (Å²) in [5.74, 6) is -0.204. The quantitative estimate of drug-likeness (QED) is 0.519. The summed E-state index contributed by atoms with van der Waals surface area (Å²) in [4.78, 5) is 18.4. The van der Waals surface area contributed by atoms with E-state index in [-0.39, 0.29) is 5.91 Å². The van der Waals surface area contributed by atoms with Crippen molar-refractivity contribution in [3.8, 4) is 11.1 Å². The Balaban J connectivity index is 1.41. The number of hydrogen-bond donors (Lipinski definition) is 0. The second kappa shape index (κ2) is 6.34. The topological polar surface area (TPSA) is 51.0 Å². The number of rotatable bonds is 3. The van der Waals surface area contributed by atoms with E-state index in [1.807, 2.05) is 42.2 Å².